The van der Waals surface area contributed by atoms with E-state index in [1.165, 1.54) is 22.3 Å². The summed E-state index contributed by atoms with van der Waals surface area (Å²) in [6, 6.07) is 17.5. The molecule has 0 saturated heterocycles. The maximum absolute atomic E-state index is 13.2. The molecule has 3 rings (SSSR count). The lowest BCUT2D eigenvalue weighted by Gasteiger charge is -2.26. The highest BCUT2D eigenvalue weighted by Gasteiger charge is 2.23. The Labute approximate surface area is 269 Å². The first-order chi connectivity index (χ1) is 19.8. The molecule has 0 heterocycles. The van der Waals surface area contributed by atoms with E-state index in [9.17, 15) is 4.79 Å². The molecular formula is C40H59BO3. The van der Waals surface area contributed by atoms with Crippen molar-refractivity contribution in [2.24, 2.45) is 0 Å². The largest absolute Gasteiger partial charge is 0.488 e. The quantitative estimate of drug-likeness (QED) is 0.290. The Morgan fingerprint density at radius 1 is 0.523 bits per heavy atom. The molecule has 0 aliphatic rings. The molecule has 0 saturated carbocycles. The van der Waals surface area contributed by atoms with Crippen LogP contribution in [0.1, 0.15) is 133 Å². The molecule has 240 valence electrons. The molecule has 3 aromatic rings. The second-order valence-electron chi connectivity index (χ2n) is 16.9. The van der Waals surface area contributed by atoms with Gasteiger partial charge >= 0.3 is 7.12 Å². The second kappa shape index (κ2) is 13.8. The summed E-state index contributed by atoms with van der Waals surface area (Å²) in [4.78, 5) is 13.2. The van der Waals surface area contributed by atoms with Crippen molar-refractivity contribution in [1.29, 1.82) is 0 Å². The van der Waals surface area contributed by atoms with Crippen molar-refractivity contribution in [3.63, 3.8) is 0 Å². The van der Waals surface area contributed by atoms with E-state index in [2.05, 4.69) is 119 Å². The Balaban J connectivity index is 0.000000469. The minimum Gasteiger partial charge on any atom is -0.423 e. The van der Waals surface area contributed by atoms with E-state index in [1.807, 2.05) is 32.9 Å². The fourth-order valence-corrected chi connectivity index (χ4v) is 5.44. The van der Waals surface area contributed by atoms with Crippen LogP contribution in [0.3, 0.4) is 0 Å². The van der Waals surface area contributed by atoms with E-state index < -0.39 is 7.12 Å². The SMILES string of the molecule is CC(C)(C)c1cc(CC(=O)Cc2cc(C(C)(C)C)cc(C(C)(C)C)c2)cc(C(C)(C)C)c1.Cc1cc(C)c(B(O)O)c(C)c1. The van der Waals surface area contributed by atoms with E-state index in [1.54, 1.807) is 0 Å². The molecule has 44 heavy (non-hydrogen) atoms. The molecule has 0 aliphatic carbocycles. The summed E-state index contributed by atoms with van der Waals surface area (Å²) in [7, 11) is -1.36. The topological polar surface area (TPSA) is 57.5 Å². The van der Waals surface area contributed by atoms with Gasteiger partial charge in [0.25, 0.3) is 0 Å². The average molecular weight is 599 g/mol. The van der Waals surface area contributed by atoms with Crippen LogP contribution in [0, 0.1) is 20.8 Å². The fourth-order valence-electron chi connectivity index (χ4n) is 5.44. The summed E-state index contributed by atoms with van der Waals surface area (Å²) in [5.74, 6) is 0.279. The Kier molecular flexibility index (Phi) is 11.7. The van der Waals surface area contributed by atoms with Crippen LogP contribution < -0.4 is 5.46 Å². The summed E-state index contributed by atoms with van der Waals surface area (Å²) >= 11 is 0. The highest BCUT2D eigenvalue weighted by molar-refractivity contribution is 6.59. The molecule has 0 amide bonds. The third-order valence-corrected chi connectivity index (χ3v) is 8.25. The number of aryl methyl sites for hydroxylation is 3. The van der Waals surface area contributed by atoms with Gasteiger partial charge in [-0.3, -0.25) is 4.79 Å². The number of rotatable bonds is 5. The first-order valence-corrected chi connectivity index (χ1v) is 16.0. The van der Waals surface area contributed by atoms with Crippen molar-refractivity contribution in [3.05, 3.63) is 98.6 Å². The summed E-state index contributed by atoms with van der Waals surface area (Å²) in [6.07, 6.45) is 0.967. The molecule has 0 aromatic heterocycles. The van der Waals surface area contributed by atoms with Crippen LogP contribution >= 0.6 is 0 Å². The Bertz CT molecular complexity index is 1280. The Morgan fingerprint density at radius 2 is 0.795 bits per heavy atom. The zero-order valence-electron chi connectivity index (χ0n) is 30.4. The minimum atomic E-state index is -1.36. The maximum Gasteiger partial charge on any atom is 0.488 e. The molecule has 3 nitrogen and oxygen atoms in total. The number of Topliss-reactive ketones (excluding diaryl/α,β-unsaturated/α-hetero) is 1. The van der Waals surface area contributed by atoms with E-state index in [-0.39, 0.29) is 27.4 Å². The molecule has 0 bridgehead atoms. The lowest BCUT2D eigenvalue weighted by Crippen LogP contribution is -2.34. The monoisotopic (exact) mass is 598 g/mol. The first kappa shape index (κ1) is 37.5. The summed E-state index contributed by atoms with van der Waals surface area (Å²) in [6.45, 7) is 32.7. The van der Waals surface area contributed by atoms with Crippen molar-refractivity contribution in [1.82, 2.24) is 0 Å². The minimum absolute atomic E-state index is 0.0572. The van der Waals surface area contributed by atoms with Gasteiger partial charge in [-0.15, -0.1) is 0 Å². The third kappa shape index (κ3) is 10.7. The van der Waals surface area contributed by atoms with Gasteiger partial charge in [-0.25, -0.2) is 0 Å². The molecule has 3 aromatic carbocycles. The van der Waals surface area contributed by atoms with Crippen LogP contribution in [0.2, 0.25) is 0 Å². The number of benzene rings is 3. The molecular weight excluding hydrogens is 539 g/mol. The van der Waals surface area contributed by atoms with E-state index >= 15 is 0 Å². The van der Waals surface area contributed by atoms with Crippen LogP contribution in [0.4, 0.5) is 0 Å². The summed E-state index contributed by atoms with van der Waals surface area (Å²) in [5.41, 5.74) is 11.3. The van der Waals surface area contributed by atoms with Crippen molar-refractivity contribution in [2.45, 2.75) is 138 Å². The highest BCUT2D eigenvalue weighted by atomic mass is 16.4. The van der Waals surface area contributed by atoms with Gasteiger partial charge in [0.05, 0.1) is 0 Å². The van der Waals surface area contributed by atoms with Gasteiger partial charge in [-0.1, -0.05) is 148 Å². The summed E-state index contributed by atoms with van der Waals surface area (Å²) < 4.78 is 0. The van der Waals surface area contributed by atoms with Crippen LogP contribution in [-0.2, 0) is 39.3 Å². The van der Waals surface area contributed by atoms with Crippen LogP contribution in [0.25, 0.3) is 0 Å². The molecule has 0 atom stereocenters. The number of carbonyl (C=O) groups is 1. The zero-order valence-corrected chi connectivity index (χ0v) is 30.4. The van der Waals surface area contributed by atoms with Crippen LogP contribution in [-0.4, -0.2) is 22.9 Å². The van der Waals surface area contributed by atoms with E-state index in [0.29, 0.717) is 18.3 Å². The van der Waals surface area contributed by atoms with Crippen molar-refractivity contribution < 1.29 is 14.8 Å². The van der Waals surface area contributed by atoms with Gasteiger partial charge < -0.3 is 10.0 Å². The second-order valence-corrected chi connectivity index (χ2v) is 16.9. The van der Waals surface area contributed by atoms with Gasteiger partial charge in [-0.2, -0.15) is 0 Å². The lowest BCUT2D eigenvalue weighted by atomic mass is 9.74. The van der Waals surface area contributed by atoms with Gasteiger partial charge in [-0.05, 0) is 81.3 Å². The third-order valence-electron chi connectivity index (χ3n) is 8.25. The van der Waals surface area contributed by atoms with Crippen LogP contribution in [0.15, 0.2) is 48.5 Å². The lowest BCUT2D eigenvalue weighted by molar-refractivity contribution is -0.117. The number of ketones is 1. The van der Waals surface area contributed by atoms with Crippen molar-refractivity contribution in [2.75, 3.05) is 0 Å². The number of hydrogen-bond donors (Lipinski definition) is 2. The van der Waals surface area contributed by atoms with Crippen LogP contribution in [0.5, 0.6) is 0 Å². The van der Waals surface area contributed by atoms with Crippen molar-refractivity contribution in [3.8, 4) is 0 Å². The molecule has 0 spiro atoms. The fraction of sp³-hybridized carbons (Fsp3) is 0.525. The molecule has 0 radical (unpaired) electrons. The van der Waals surface area contributed by atoms with Gasteiger partial charge in [0.15, 0.2) is 0 Å². The molecule has 0 fully saturated rings. The first-order valence-electron chi connectivity index (χ1n) is 16.0. The highest BCUT2D eigenvalue weighted by Crippen LogP contribution is 2.32. The maximum atomic E-state index is 13.2. The number of carbonyl (C=O) groups excluding carboxylic acids is 1. The normalized spacial score (nSPS) is 12.5. The Hall–Kier alpha value is -2.69. The molecule has 0 aliphatic heterocycles. The van der Waals surface area contributed by atoms with Gasteiger partial charge in [0.2, 0.25) is 0 Å². The van der Waals surface area contributed by atoms with Gasteiger partial charge in [0.1, 0.15) is 5.78 Å². The zero-order chi connectivity index (χ0) is 34.0. The van der Waals surface area contributed by atoms with Gasteiger partial charge in [0, 0.05) is 12.8 Å². The average Bonchev–Trinajstić information content (AvgIpc) is 2.81. The predicted molar refractivity (Wildman–Crippen MR) is 191 cm³/mol. The Morgan fingerprint density at radius 3 is 1.02 bits per heavy atom. The smallest absolute Gasteiger partial charge is 0.423 e. The van der Waals surface area contributed by atoms with Crippen molar-refractivity contribution >= 4 is 18.4 Å². The van der Waals surface area contributed by atoms with E-state index in [0.717, 1.165) is 27.8 Å². The van der Waals surface area contributed by atoms with E-state index in [4.69, 9.17) is 10.0 Å². The standard InChI is InChI=1S/C31H46O.C9H13BO2/c1-28(2,3)23-13-21(14-24(19-23)29(4,5)6)17-27(32)18-22-15-25(30(7,8)9)20-26(16-22)31(10,11)12;1-6-4-7(2)9(10(11)12)8(3)5-6/h13-16,19-20H,17-18H2,1-12H3;4-5,11-12H,1-3H3. The molecule has 2 N–H and O–H groups in total. The summed E-state index contributed by atoms with van der Waals surface area (Å²) in [5, 5.41) is 18.1. The molecule has 4 heteroatoms. The number of hydrogen-bond acceptors (Lipinski definition) is 3. The predicted octanol–water partition coefficient (Wildman–Crippen LogP) is 8.52. The molecule has 0 unspecified atom stereocenters.